The molecule has 34 heavy (non-hydrogen) atoms. The van der Waals surface area contributed by atoms with Crippen molar-refractivity contribution < 1.29 is 36.6 Å². The summed E-state index contributed by atoms with van der Waals surface area (Å²) in [7, 11) is 1.28. The maximum Gasteiger partial charge on any atom is 0.573 e. The first-order valence-electron chi connectivity index (χ1n) is 10.0. The molecule has 178 valence electrons. The highest BCUT2D eigenvalue weighted by molar-refractivity contribution is 5.97. The molecule has 8 nitrogen and oxygen atoms in total. The van der Waals surface area contributed by atoms with Crippen LogP contribution in [-0.4, -0.2) is 41.6 Å². The molecule has 12 heteroatoms. The number of methoxy groups -OCH3 is 1. The van der Waals surface area contributed by atoms with Crippen molar-refractivity contribution in [3.63, 3.8) is 0 Å². The van der Waals surface area contributed by atoms with E-state index in [1.54, 1.807) is 0 Å². The van der Waals surface area contributed by atoms with Crippen molar-refractivity contribution in [2.24, 2.45) is 5.92 Å². The first-order valence-corrected chi connectivity index (χ1v) is 10.0. The number of aromatic nitrogens is 2. The van der Waals surface area contributed by atoms with Gasteiger partial charge in [-0.2, -0.15) is 0 Å². The maximum atomic E-state index is 15.0. The minimum Gasteiger partial charge on any atom is -0.494 e. The number of halogens is 4. The summed E-state index contributed by atoms with van der Waals surface area (Å²) in [5, 5.41) is 9.38. The summed E-state index contributed by atoms with van der Waals surface area (Å²) in [6.45, 7) is 0.166. The highest BCUT2D eigenvalue weighted by atomic mass is 19.4. The molecule has 1 atom stereocenters. The summed E-state index contributed by atoms with van der Waals surface area (Å²) in [6.07, 6.45) is -4.88. The Hall–Kier alpha value is -4.09. The molecule has 4 rings (SSSR count). The van der Waals surface area contributed by atoms with Crippen molar-refractivity contribution in [1.29, 1.82) is 0 Å². The fraction of sp³-hybridized carbons (Fsp3) is 0.227. The van der Waals surface area contributed by atoms with E-state index in [0.717, 1.165) is 16.8 Å². The Bertz CT molecular complexity index is 1240. The number of benzene rings is 2. The zero-order valence-corrected chi connectivity index (χ0v) is 17.6. The van der Waals surface area contributed by atoms with Crippen LogP contribution in [0.25, 0.3) is 16.9 Å². The van der Waals surface area contributed by atoms with Gasteiger partial charge in [0.15, 0.2) is 17.4 Å². The highest BCUT2D eigenvalue weighted by Gasteiger charge is 2.31. The first kappa shape index (κ1) is 23.1. The summed E-state index contributed by atoms with van der Waals surface area (Å²) in [6, 6.07) is 10.8. The van der Waals surface area contributed by atoms with Crippen LogP contribution < -0.4 is 20.1 Å². The van der Waals surface area contributed by atoms with Gasteiger partial charge in [-0.15, -0.1) is 18.3 Å². The standard InChI is InChI=1S/C22H18F4N4O4/c1-33-17-7-3-6-15(20(17)23)30-16(12-4-2-5-14(8-12)34-22(24,25)26)10-18(29-30)28-21(32)13-9-19(31)27-11-13/h2-8,10,13H,9,11H2,1H3,(H,27,31)(H,28,29,32)/t13-/m0/s1. The Morgan fingerprint density at radius 2 is 1.97 bits per heavy atom. The largest absolute Gasteiger partial charge is 0.573 e. The van der Waals surface area contributed by atoms with Crippen LogP contribution in [0.2, 0.25) is 0 Å². The molecule has 1 saturated heterocycles. The number of carbonyl (C=O) groups excluding carboxylic acids is 2. The maximum absolute atomic E-state index is 15.0. The Labute approximate surface area is 190 Å². The van der Waals surface area contributed by atoms with Crippen LogP contribution in [0.15, 0.2) is 48.5 Å². The predicted octanol–water partition coefficient (Wildman–Crippen LogP) is 3.66. The van der Waals surface area contributed by atoms with Crippen LogP contribution >= 0.6 is 0 Å². The number of hydrogen-bond donors (Lipinski definition) is 2. The van der Waals surface area contributed by atoms with Gasteiger partial charge in [-0.05, 0) is 24.3 Å². The first-order chi connectivity index (χ1) is 16.1. The SMILES string of the molecule is COc1cccc(-n2nc(NC(=O)[C@@H]3CNC(=O)C3)cc2-c2cccc(OC(F)(F)F)c2)c1F. The smallest absolute Gasteiger partial charge is 0.494 e. The molecule has 1 fully saturated rings. The van der Waals surface area contributed by atoms with Crippen LogP contribution in [0.4, 0.5) is 23.4 Å². The Morgan fingerprint density at radius 3 is 2.65 bits per heavy atom. The number of ether oxygens (including phenoxy) is 2. The predicted molar refractivity (Wildman–Crippen MR) is 112 cm³/mol. The number of nitrogens with zero attached hydrogens (tertiary/aromatic N) is 2. The van der Waals surface area contributed by atoms with E-state index in [9.17, 15) is 22.8 Å². The Kier molecular flexibility index (Phi) is 6.14. The molecule has 2 N–H and O–H groups in total. The molecular formula is C22H18F4N4O4. The molecular weight excluding hydrogens is 460 g/mol. The van der Waals surface area contributed by atoms with Crippen LogP contribution in [-0.2, 0) is 9.59 Å². The van der Waals surface area contributed by atoms with Crippen LogP contribution in [0.5, 0.6) is 11.5 Å². The number of amides is 2. The van der Waals surface area contributed by atoms with Crippen LogP contribution in [0.1, 0.15) is 6.42 Å². The van der Waals surface area contributed by atoms with Gasteiger partial charge in [-0.25, -0.2) is 9.07 Å². The molecule has 3 aromatic rings. The second-order valence-corrected chi connectivity index (χ2v) is 7.39. The topological polar surface area (TPSA) is 94.5 Å². The molecule has 1 aliphatic heterocycles. The third kappa shape index (κ3) is 4.95. The van der Waals surface area contributed by atoms with Crippen molar-refractivity contribution in [3.8, 4) is 28.4 Å². The van der Waals surface area contributed by atoms with Gasteiger partial charge >= 0.3 is 6.36 Å². The molecule has 2 aromatic carbocycles. The molecule has 0 spiro atoms. The molecule has 1 aliphatic rings. The zero-order valence-electron chi connectivity index (χ0n) is 17.6. The van der Waals surface area contributed by atoms with Crippen LogP contribution in [0.3, 0.4) is 0 Å². The minimum atomic E-state index is -4.90. The molecule has 0 bridgehead atoms. The van der Waals surface area contributed by atoms with Crippen molar-refractivity contribution in [2.75, 3.05) is 19.0 Å². The quantitative estimate of drug-likeness (QED) is 0.528. The van der Waals surface area contributed by atoms with Crippen molar-refractivity contribution >= 4 is 17.6 Å². The highest BCUT2D eigenvalue weighted by Crippen LogP contribution is 2.33. The molecule has 0 radical (unpaired) electrons. The summed E-state index contributed by atoms with van der Waals surface area (Å²) in [5.41, 5.74) is 0.333. The second kappa shape index (κ2) is 9.04. The Balaban J connectivity index is 1.76. The zero-order chi connectivity index (χ0) is 24.5. The summed E-state index contributed by atoms with van der Waals surface area (Å²) >= 11 is 0. The summed E-state index contributed by atoms with van der Waals surface area (Å²) in [4.78, 5) is 24.0. The molecule has 0 unspecified atom stereocenters. The van der Waals surface area contributed by atoms with E-state index in [1.807, 2.05) is 0 Å². The lowest BCUT2D eigenvalue weighted by atomic mass is 10.1. The number of anilines is 1. The number of hydrogen-bond acceptors (Lipinski definition) is 5. The number of carbonyl (C=O) groups is 2. The van der Waals surface area contributed by atoms with E-state index in [0.29, 0.717) is 0 Å². The van der Waals surface area contributed by atoms with Gasteiger partial charge in [0, 0.05) is 24.6 Å². The van der Waals surface area contributed by atoms with Crippen molar-refractivity contribution in [1.82, 2.24) is 15.1 Å². The third-order valence-corrected chi connectivity index (χ3v) is 5.06. The van der Waals surface area contributed by atoms with E-state index in [4.69, 9.17) is 4.74 Å². The molecule has 0 saturated carbocycles. The van der Waals surface area contributed by atoms with Gasteiger partial charge < -0.3 is 20.1 Å². The average Bonchev–Trinajstić information content (AvgIpc) is 3.39. The normalized spacial score (nSPS) is 15.7. The summed E-state index contributed by atoms with van der Waals surface area (Å²) < 4.78 is 63.3. The van der Waals surface area contributed by atoms with E-state index in [2.05, 4.69) is 20.5 Å². The van der Waals surface area contributed by atoms with Gasteiger partial charge in [0.05, 0.1) is 18.7 Å². The van der Waals surface area contributed by atoms with Crippen molar-refractivity contribution in [2.45, 2.75) is 12.8 Å². The fourth-order valence-electron chi connectivity index (χ4n) is 3.52. The summed E-state index contributed by atoms with van der Waals surface area (Å²) in [5.74, 6) is -2.65. The number of rotatable bonds is 6. The Morgan fingerprint density at radius 1 is 1.21 bits per heavy atom. The van der Waals surface area contributed by atoms with Crippen LogP contribution in [0, 0.1) is 11.7 Å². The van der Waals surface area contributed by atoms with Gasteiger partial charge in [0.1, 0.15) is 11.4 Å². The van der Waals surface area contributed by atoms with E-state index >= 15 is 4.39 Å². The molecule has 2 heterocycles. The monoisotopic (exact) mass is 478 g/mol. The molecule has 0 aliphatic carbocycles. The van der Waals surface area contributed by atoms with Gasteiger partial charge in [0.2, 0.25) is 11.8 Å². The molecule has 2 amide bonds. The van der Waals surface area contributed by atoms with E-state index in [-0.39, 0.29) is 47.4 Å². The lowest BCUT2D eigenvalue weighted by Gasteiger charge is -2.12. The van der Waals surface area contributed by atoms with Gasteiger partial charge in [-0.3, -0.25) is 9.59 Å². The lowest BCUT2D eigenvalue weighted by Crippen LogP contribution is -2.24. The van der Waals surface area contributed by atoms with Crippen molar-refractivity contribution in [3.05, 3.63) is 54.3 Å². The van der Waals surface area contributed by atoms with E-state index < -0.39 is 29.8 Å². The second-order valence-electron chi connectivity index (χ2n) is 7.39. The minimum absolute atomic E-state index is 0.0146. The average molecular weight is 478 g/mol. The third-order valence-electron chi connectivity index (χ3n) is 5.06. The number of alkyl halides is 3. The number of nitrogens with one attached hydrogen (secondary N) is 2. The van der Waals surface area contributed by atoms with Gasteiger partial charge in [0.25, 0.3) is 0 Å². The van der Waals surface area contributed by atoms with Gasteiger partial charge in [-0.1, -0.05) is 18.2 Å². The lowest BCUT2D eigenvalue weighted by molar-refractivity contribution is -0.274. The fourth-order valence-corrected chi connectivity index (χ4v) is 3.52. The molecule has 1 aromatic heterocycles. The van der Waals surface area contributed by atoms with E-state index in [1.165, 1.54) is 43.5 Å².